The molecule has 1 heterocycles. The Morgan fingerprint density at radius 3 is 2.00 bits per heavy atom. The van der Waals surface area contributed by atoms with Crippen molar-refractivity contribution in [3.63, 3.8) is 0 Å². The lowest BCUT2D eigenvalue weighted by atomic mass is 10.1. The van der Waals surface area contributed by atoms with Crippen LogP contribution in [0, 0.1) is 0 Å². The molecule has 20 heavy (non-hydrogen) atoms. The first-order valence-corrected chi connectivity index (χ1v) is 9.15. The molecule has 3 nitrogen and oxygen atoms in total. The zero-order valence-electron chi connectivity index (χ0n) is 12.7. The Morgan fingerprint density at radius 2 is 1.50 bits per heavy atom. The van der Waals surface area contributed by atoms with Gasteiger partial charge in [0, 0.05) is 0 Å². The highest BCUT2D eigenvalue weighted by atomic mass is 32.2. The number of rotatable bonds is 12. The van der Waals surface area contributed by atoms with Gasteiger partial charge in [0.25, 0.3) is 0 Å². The molecular weight excluding hydrogens is 272 g/mol. The Labute approximate surface area is 127 Å². The second kappa shape index (κ2) is 11.2. The molecule has 4 heteroatoms. The van der Waals surface area contributed by atoms with Crippen molar-refractivity contribution in [2.24, 2.45) is 0 Å². The van der Waals surface area contributed by atoms with E-state index >= 15 is 0 Å². The van der Waals surface area contributed by atoms with Crippen LogP contribution in [0.2, 0.25) is 0 Å². The quantitative estimate of drug-likeness (QED) is 0.303. The van der Waals surface area contributed by atoms with Crippen molar-refractivity contribution in [3.05, 3.63) is 0 Å². The van der Waals surface area contributed by atoms with E-state index in [0.717, 1.165) is 12.2 Å². The standard InChI is InChI=1S/C16H28O3S/c1-2-3-4-5-6-7-8-9-10-11-12-20-14-13-15(17)19-16(14)18/h14H,2-13H2,1H3. The summed E-state index contributed by atoms with van der Waals surface area (Å²) in [6, 6.07) is 0. The average molecular weight is 300 g/mol. The van der Waals surface area contributed by atoms with E-state index in [1.165, 1.54) is 57.8 Å². The molecule has 0 spiro atoms. The molecule has 1 unspecified atom stereocenters. The van der Waals surface area contributed by atoms with Crippen LogP contribution in [0.25, 0.3) is 0 Å². The fraction of sp³-hybridized carbons (Fsp3) is 0.875. The summed E-state index contributed by atoms with van der Waals surface area (Å²) in [4.78, 5) is 22.1. The van der Waals surface area contributed by atoms with Crippen molar-refractivity contribution in [2.45, 2.75) is 82.8 Å². The second-order valence-corrected chi connectivity index (χ2v) is 6.85. The maximum Gasteiger partial charge on any atom is 0.327 e. The molecule has 1 aliphatic heterocycles. The molecule has 116 valence electrons. The highest BCUT2D eigenvalue weighted by Crippen LogP contribution is 2.24. The smallest absolute Gasteiger partial charge is 0.327 e. The van der Waals surface area contributed by atoms with Crippen molar-refractivity contribution < 1.29 is 14.3 Å². The lowest BCUT2D eigenvalue weighted by Gasteiger charge is -2.04. The van der Waals surface area contributed by atoms with Crippen LogP contribution in [0.3, 0.4) is 0 Å². The molecule has 0 aromatic heterocycles. The predicted octanol–water partition coefficient (Wildman–Crippen LogP) is 4.48. The molecular formula is C16H28O3S. The largest absolute Gasteiger partial charge is 0.392 e. The van der Waals surface area contributed by atoms with Crippen molar-refractivity contribution in [2.75, 3.05) is 5.75 Å². The normalized spacial score (nSPS) is 18.6. The van der Waals surface area contributed by atoms with Gasteiger partial charge in [-0.3, -0.25) is 9.59 Å². The number of cyclic esters (lactones) is 2. The minimum Gasteiger partial charge on any atom is -0.392 e. The van der Waals surface area contributed by atoms with Crippen molar-refractivity contribution in [3.8, 4) is 0 Å². The topological polar surface area (TPSA) is 43.4 Å². The number of unbranched alkanes of at least 4 members (excludes halogenated alkanes) is 9. The minimum atomic E-state index is -0.365. The molecule has 0 saturated carbocycles. The minimum absolute atomic E-state index is 0.235. The van der Waals surface area contributed by atoms with Crippen LogP contribution in [-0.2, 0) is 14.3 Å². The lowest BCUT2D eigenvalue weighted by molar-refractivity contribution is -0.151. The van der Waals surface area contributed by atoms with Gasteiger partial charge in [-0.1, -0.05) is 64.7 Å². The Balaban J connectivity index is 1.81. The van der Waals surface area contributed by atoms with E-state index in [1.807, 2.05) is 0 Å². The average Bonchev–Trinajstić information content (AvgIpc) is 2.74. The fourth-order valence-electron chi connectivity index (χ4n) is 2.40. The molecule has 0 bridgehead atoms. The Morgan fingerprint density at radius 1 is 0.950 bits per heavy atom. The van der Waals surface area contributed by atoms with E-state index in [4.69, 9.17) is 0 Å². The molecule has 0 N–H and O–H groups in total. The maximum atomic E-state index is 11.2. The number of esters is 2. The van der Waals surface area contributed by atoms with Gasteiger partial charge in [-0.05, 0) is 12.2 Å². The number of thioether (sulfide) groups is 1. The van der Waals surface area contributed by atoms with E-state index in [9.17, 15) is 9.59 Å². The first-order chi connectivity index (χ1) is 9.74. The van der Waals surface area contributed by atoms with Gasteiger partial charge in [0.15, 0.2) is 0 Å². The van der Waals surface area contributed by atoms with E-state index in [1.54, 1.807) is 11.8 Å². The third kappa shape index (κ3) is 7.93. The van der Waals surface area contributed by atoms with Crippen molar-refractivity contribution in [1.82, 2.24) is 0 Å². The van der Waals surface area contributed by atoms with Gasteiger partial charge >= 0.3 is 11.9 Å². The number of carbonyl (C=O) groups is 2. The maximum absolute atomic E-state index is 11.2. The van der Waals surface area contributed by atoms with Crippen LogP contribution in [0.1, 0.15) is 77.6 Å². The molecule has 1 fully saturated rings. The highest BCUT2D eigenvalue weighted by Gasteiger charge is 2.33. The zero-order valence-corrected chi connectivity index (χ0v) is 13.5. The molecule has 0 amide bonds. The summed E-state index contributed by atoms with van der Waals surface area (Å²) in [7, 11) is 0. The number of hydrogen-bond acceptors (Lipinski definition) is 4. The summed E-state index contributed by atoms with van der Waals surface area (Å²) >= 11 is 1.58. The van der Waals surface area contributed by atoms with Crippen LogP contribution in [-0.4, -0.2) is 22.9 Å². The van der Waals surface area contributed by atoms with Crippen LogP contribution >= 0.6 is 11.8 Å². The molecule has 0 aliphatic carbocycles. The first kappa shape index (κ1) is 17.5. The molecule has 1 aliphatic rings. The summed E-state index contributed by atoms with van der Waals surface area (Å²) in [5, 5.41) is -0.235. The van der Waals surface area contributed by atoms with E-state index in [0.29, 0.717) is 0 Å². The van der Waals surface area contributed by atoms with Gasteiger partial charge in [0.05, 0.1) is 6.42 Å². The summed E-state index contributed by atoms with van der Waals surface area (Å²) in [6.07, 6.45) is 13.5. The van der Waals surface area contributed by atoms with Gasteiger partial charge in [0.2, 0.25) is 0 Å². The van der Waals surface area contributed by atoms with Gasteiger partial charge in [-0.25, -0.2) is 0 Å². The Kier molecular flexibility index (Phi) is 9.81. The summed E-state index contributed by atoms with van der Waals surface area (Å²) in [5.41, 5.74) is 0. The molecule has 1 rings (SSSR count). The molecule has 0 aromatic carbocycles. The zero-order chi connectivity index (χ0) is 14.6. The van der Waals surface area contributed by atoms with Crippen molar-refractivity contribution in [1.29, 1.82) is 0 Å². The Bertz CT molecular complexity index is 291. The summed E-state index contributed by atoms with van der Waals surface area (Å²) in [6.45, 7) is 2.25. The highest BCUT2D eigenvalue weighted by molar-refractivity contribution is 8.00. The lowest BCUT2D eigenvalue weighted by Crippen LogP contribution is -2.10. The van der Waals surface area contributed by atoms with Crippen LogP contribution in [0.5, 0.6) is 0 Å². The Hall–Kier alpha value is -0.510. The van der Waals surface area contributed by atoms with Gasteiger partial charge in [-0.15, -0.1) is 11.8 Å². The summed E-state index contributed by atoms with van der Waals surface area (Å²) in [5.74, 6) is 0.256. The number of hydrogen-bond donors (Lipinski definition) is 0. The first-order valence-electron chi connectivity index (χ1n) is 8.10. The van der Waals surface area contributed by atoms with Crippen molar-refractivity contribution >= 4 is 23.7 Å². The third-order valence-electron chi connectivity index (χ3n) is 3.65. The SMILES string of the molecule is CCCCCCCCCCCCSC1CC(=O)OC1=O. The van der Waals surface area contributed by atoms with E-state index < -0.39 is 0 Å². The van der Waals surface area contributed by atoms with Gasteiger partial charge in [0.1, 0.15) is 5.25 Å². The van der Waals surface area contributed by atoms with E-state index in [2.05, 4.69) is 11.7 Å². The molecule has 0 aromatic rings. The second-order valence-electron chi connectivity index (χ2n) is 5.54. The van der Waals surface area contributed by atoms with E-state index in [-0.39, 0.29) is 23.6 Å². The molecule has 0 radical (unpaired) electrons. The number of carbonyl (C=O) groups excluding carboxylic acids is 2. The third-order valence-corrected chi connectivity index (χ3v) is 4.93. The van der Waals surface area contributed by atoms with Crippen LogP contribution in [0.4, 0.5) is 0 Å². The fourth-order valence-corrected chi connectivity index (χ4v) is 3.49. The molecule has 1 atom stereocenters. The molecule has 1 saturated heterocycles. The van der Waals surface area contributed by atoms with Crippen LogP contribution < -0.4 is 0 Å². The number of ether oxygens (including phenoxy) is 1. The van der Waals surface area contributed by atoms with Gasteiger partial charge < -0.3 is 4.74 Å². The summed E-state index contributed by atoms with van der Waals surface area (Å²) < 4.78 is 4.53. The predicted molar refractivity (Wildman–Crippen MR) is 83.8 cm³/mol. The monoisotopic (exact) mass is 300 g/mol. The van der Waals surface area contributed by atoms with Gasteiger partial charge in [-0.2, -0.15) is 0 Å². The van der Waals surface area contributed by atoms with Crippen LogP contribution in [0.15, 0.2) is 0 Å².